The number of carbonyl (C=O) groups is 2. The van der Waals surface area contributed by atoms with E-state index in [0.29, 0.717) is 5.75 Å². The maximum atomic E-state index is 12.5. The lowest BCUT2D eigenvalue weighted by atomic mass is 10.1. The Morgan fingerprint density at radius 3 is 2.60 bits per heavy atom. The summed E-state index contributed by atoms with van der Waals surface area (Å²) in [6.45, 7) is 3.39. The molecule has 1 aliphatic rings. The van der Waals surface area contributed by atoms with Crippen molar-refractivity contribution in [3.63, 3.8) is 0 Å². The van der Waals surface area contributed by atoms with Gasteiger partial charge in [-0.3, -0.25) is 4.79 Å². The normalized spacial score (nSPS) is 15.6. The fraction of sp³-hybridized carbons (Fsp3) is 0.300. The highest BCUT2D eigenvalue weighted by atomic mass is 16.6. The molecule has 130 valence electrons. The summed E-state index contributed by atoms with van der Waals surface area (Å²) in [7, 11) is 0. The molecular weight excluding hydrogens is 318 g/mol. The molecule has 0 saturated heterocycles. The van der Waals surface area contributed by atoms with Gasteiger partial charge in [0, 0.05) is 11.7 Å². The second-order valence-electron chi connectivity index (χ2n) is 6.16. The number of hydrogen-bond donors (Lipinski definition) is 0. The first kappa shape index (κ1) is 17.0. The van der Waals surface area contributed by atoms with E-state index in [2.05, 4.69) is 0 Å². The van der Waals surface area contributed by atoms with E-state index in [1.807, 2.05) is 56.3 Å². The van der Waals surface area contributed by atoms with E-state index >= 15 is 0 Å². The van der Waals surface area contributed by atoms with Crippen molar-refractivity contribution in [1.82, 2.24) is 0 Å². The minimum atomic E-state index is -0.559. The number of hydrogen-bond acceptors (Lipinski definition) is 4. The van der Waals surface area contributed by atoms with Gasteiger partial charge in [0.15, 0.2) is 13.2 Å². The Kier molecular flexibility index (Phi) is 5.03. The van der Waals surface area contributed by atoms with Gasteiger partial charge in [-0.15, -0.1) is 0 Å². The molecule has 2 aromatic carbocycles. The van der Waals surface area contributed by atoms with Crippen molar-refractivity contribution >= 4 is 17.6 Å². The monoisotopic (exact) mass is 339 g/mol. The summed E-state index contributed by atoms with van der Waals surface area (Å²) in [6.07, 6.45) is 0.812. The number of para-hydroxylation sites is 2. The molecule has 5 nitrogen and oxygen atoms in total. The third kappa shape index (κ3) is 3.82. The Balaban J connectivity index is 1.52. The largest absolute Gasteiger partial charge is 0.482 e. The molecule has 3 rings (SSSR count). The first-order chi connectivity index (χ1) is 12.1. The van der Waals surface area contributed by atoms with Crippen LogP contribution in [0.3, 0.4) is 0 Å². The van der Waals surface area contributed by atoms with E-state index in [1.165, 1.54) is 0 Å². The van der Waals surface area contributed by atoms with E-state index in [9.17, 15) is 9.59 Å². The molecule has 0 aliphatic carbocycles. The molecule has 0 bridgehead atoms. The summed E-state index contributed by atoms with van der Waals surface area (Å²) >= 11 is 0. The predicted molar refractivity (Wildman–Crippen MR) is 94.7 cm³/mol. The number of aryl methyl sites for hydroxylation is 1. The van der Waals surface area contributed by atoms with Gasteiger partial charge >= 0.3 is 5.97 Å². The zero-order chi connectivity index (χ0) is 17.8. The molecule has 0 N–H and O–H groups in total. The summed E-state index contributed by atoms with van der Waals surface area (Å²) < 4.78 is 10.5. The van der Waals surface area contributed by atoms with Crippen LogP contribution in [0, 0.1) is 6.92 Å². The third-order valence-electron chi connectivity index (χ3n) is 4.27. The Morgan fingerprint density at radius 2 is 1.80 bits per heavy atom. The zero-order valence-corrected chi connectivity index (χ0v) is 14.4. The number of amides is 1. The van der Waals surface area contributed by atoms with Crippen LogP contribution in [0.5, 0.6) is 5.75 Å². The molecule has 0 saturated carbocycles. The van der Waals surface area contributed by atoms with Crippen LogP contribution in [0.4, 0.5) is 5.69 Å². The summed E-state index contributed by atoms with van der Waals surface area (Å²) in [6, 6.07) is 15.3. The lowest BCUT2D eigenvalue weighted by molar-refractivity contribution is -0.149. The van der Waals surface area contributed by atoms with Crippen LogP contribution in [-0.4, -0.2) is 31.1 Å². The summed E-state index contributed by atoms with van der Waals surface area (Å²) in [5.41, 5.74) is 2.97. The van der Waals surface area contributed by atoms with Crippen LogP contribution in [-0.2, 0) is 20.7 Å². The van der Waals surface area contributed by atoms with E-state index in [0.717, 1.165) is 23.2 Å². The number of carbonyl (C=O) groups excluding carboxylic acids is 2. The van der Waals surface area contributed by atoms with Crippen molar-refractivity contribution in [2.75, 3.05) is 18.1 Å². The SMILES string of the molecule is Cc1ccccc1OCC(=O)OCC(=O)N1c2ccccc2C[C@@H]1C. The minimum Gasteiger partial charge on any atom is -0.482 e. The van der Waals surface area contributed by atoms with E-state index in [1.54, 1.807) is 11.0 Å². The molecule has 0 unspecified atom stereocenters. The number of esters is 1. The Hall–Kier alpha value is -2.82. The van der Waals surface area contributed by atoms with Gasteiger partial charge in [-0.25, -0.2) is 4.79 Å². The van der Waals surface area contributed by atoms with Gasteiger partial charge in [0.25, 0.3) is 5.91 Å². The standard InChI is InChI=1S/C20H21NO4/c1-14-7-3-6-10-18(14)24-13-20(23)25-12-19(22)21-15(2)11-16-8-4-5-9-17(16)21/h3-10,15H,11-13H2,1-2H3/t15-/m0/s1. The molecule has 2 aromatic rings. The molecule has 0 radical (unpaired) electrons. The van der Waals surface area contributed by atoms with E-state index in [4.69, 9.17) is 9.47 Å². The number of rotatable bonds is 5. The number of fused-ring (bicyclic) bond motifs is 1. The van der Waals surface area contributed by atoms with E-state index < -0.39 is 5.97 Å². The average Bonchev–Trinajstić information content (AvgIpc) is 2.94. The van der Waals surface area contributed by atoms with Crippen LogP contribution < -0.4 is 9.64 Å². The highest BCUT2D eigenvalue weighted by Gasteiger charge is 2.30. The molecule has 1 atom stereocenters. The van der Waals surface area contributed by atoms with E-state index in [-0.39, 0.29) is 25.2 Å². The Bertz CT molecular complexity index is 787. The quantitative estimate of drug-likeness (QED) is 0.786. The van der Waals surface area contributed by atoms with Crippen LogP contribution in [0.1, 0.15) is 18.1 Å². The van der Waals surface area contributed by atoms with Gasteiger partial charge < -0.3 is 14.4 Å². The van der Waals surface area contributed by atoms with Crippen LogP contribution >= 0.6 is 0 Å². The average molecular weight is 339 g/mol. The lowest BCUT2D eigenvalue weighted by Crippen LogP contribution is -2.39. The van der Waals surface area contributed by atoms with Crippen molar-refractivity contribution < 1.29 is 19.1 Å². The molecular formula is C20H21NO4. The molecule has 0 fully saturated rings. The third-order valence-corrected chi connectivity index (χ3v) is 4.27. The molecule has 1 heterocycles. The number of nitrogens with zero attached hydrogens (tertiary/aromatic N) is 1. The van der Waals surface area contributed by atoms with Gasteiger partial charge in [-0.1, -0.05) is 36.4 Å². The second-order valence-corrected chi connectivity index (χ2v) is 6.16. The van der Waals surface area contributed by atoms with Crippen LogP contribution in [0.2, 0.25) is 0 Å². The Labute approximate surface area is 147 Å². The fourth-order valence-electron chi connectivity index (χ4n) is 3.05. The van der Waals surface area contributed by atoms with Crippen molar-refractivity contribution in [1.29, 1.82) is 0 Å². The summed E-state index contributed by atoms with van der Waals surface area (Å²) in [4.78, 5) is 26.0. The van der Waals surface area contributed by atoms with Gasteiger partial charge in [-0.05, 0) is 43.5 Å². The molecule has 1 amide bonds. The molecule has 0 spiro atoms. The van der Waals surface area contributed by atoms with Gasteiger partial charge in [-0.2, -0.15) is 0 Å². The Morgan fingerprint density at radius 1 is 1.08 bits per heavy atom. The summed E-state index contributed by atoms with van der Waals surface area (Å²) in [5.74, 6) is -0.147. The van der Waals surface area contributed by atoms with Gasteiger partial charge in [0.05, 0.1) is 0 Å². The molecule has 0 aromatic heterocycles. The first-order valence-electron chi connectivity index (χ1n) is 8.30. The predicted octanol–water partition coefficient (Wildman–Crippen LogP) is 2.89. The number of ether oxygens (including phenoxy) is 2. The molecule has 25 heavy (non-hydrogen) atoms. The zero-order valence-electron chi connectivity index (χ0n) is 14.4. The van der Waals surface area contributed by atoms with Crippen molar-refractivity contribution in [3.05, 3.63) is 59.7 Å². The number of benzene rings is 2. The molecule has 1 aliphatic heterocycles. The van der Waals surface area contributed by atoms with Crippen molar-refractivity contribution in [3.8, 4) is 5.75 Å². The van der Waals surface area contributed by atoms with Crippen molar-refractivity contribution in [2.45, 2.75) is 26.3 Å². The maximum absolute atomic E-state index is 12.5. The molecule has 5 heteroatoms. The van der Waals surface area contributed by atoms with Gasteiger partial charge in [0.1, 0.15) is 5.75 Å². The first-order valence-corrected chi connectivity index (χ1v) is 8.30. The second kappa shape index (κ2) is 7.38. The lowest BCUT2D eigenvalue weighted by Gasteiger charge is -2.22. The summed E-state index contributed by atoms with van der Waals surface area (Å²) in [5, 5.41) is 0. The minimum absolute atomic E-state index is 0.0619. The highest BCUT2D eigenvalue weighted by molar-refractivity contribution is 5.97. The maximum Gasteiger partial charge on any atom is 0.344 e. The van der Waals surface area contributed by atoms with Crippen LogP contribution in [0.15, 0.2) is 48.5 Å². The van der Waals surface area contributed by atoms with Crippen molar-refractivity contribution in [2.24, 2.45) is 0 Å². The topological polar surface area (TPSA) is 55.8 Å². The van der Waals surface area contributed by atoms with Crippen LogP contribution in [0.25, 0.3) is 0 Å². The fourth-order valence-corrected chi connectivity index (χ4v) is 3.05. The smallest absolute Gasteiger partial charge is 0.344 e. The highest BCUT2D eigenvalue weighted by Crippen LogP contribution is 2.31. The number of anilines is 1. The van der Waals surface area contributed by atoms with Gasteiger partial charge in [0.2, 0.25) is 0 Å².